The number of nitrogens with two attached hydrogens (primary N) is 1. The van der Waals surface area contributed by atoms with Crippen molar-refractivity contribution in [1.82, 2.24) is 10.2 Å². The highest BCUT2D eigenvalue weighted by atomic mass is 16.4. The molecule has 0 spiro atoms. The van der Waals surface area contributed by atoms with Crippen LogP contribution in [0.3, 0.4) is 0 Å². The van der Waals surface area contributed by atoms with E-state index in [2.05, 4.69) is 16.3 Å². The Hall–Kier alpha value is -2.95. The predicted molar refractivity (Wildman–Crippen MR) is 93.4 cm³/mol. The van der Waals surface area contributed by atoms with Crippen LogP contribution in [-0.2, 0) is 0 Å². The highest BCUT2D eigenvalue weighted by Crippen LogP contribution is 2.29. The summed E-state index contributed by atoms with van der Waals surface area (Å²) in [5.74, 6) is 0.345. The first-order chi connectivity index (χ1) is 11.4. The molecule has 6 nitrogen and oxygen atoms in total. The second kappa shape index (κ2) is 5.93. The lowest BCUT2D eigenvalue weighted by atomic mass is 9.75. The molecule has 1 heterocycles. The average Bonchev–Trinajstić information content (AvgIpc) is 2.57. The van der Waals surface area contributed by atoms with Crippen LogP contribution in [0.5, 0.6) is 0 Å². The lowest BCUT2D eigenvalue weighted by Crippen LogP contribution is -2.32. The molecule has 3 aromatic rings. The topological polar surface area (TPSA) is 116 Å². The fourth-order valence-corrected chi connectivity index (χ4v) is 2.81. The second-order valence-electron chi connectivity index (χ2n) is 5.67. The average molecular weight is 318 g/mol. The number of nitriles is 1. The molecule has 0 unspecified atom stereocenters. The fourth-order valence-electron chi connectivity index (χ4n) is 2.81. The summed E-state index contributed by atoms with van der Waals surface area (Å²) in [6.45, 7) is 3.57. The third kappa shape index (κ3) is 2.58. The molecule has 0 amide bonds. The number of aromatic nitrogens is 2. The maximum absolute atomic E-state index is 9.53. The largest absolute Gasteiger partial charge is 0.488 e. The van der Waals surface area contributed by atoms with Gasteiger partial charge in [-0.15, -0.1) is 5.10 Å². The third-order valence-electron chi connectivity index (χ3n) is 4.11. The molecule has 0 fully saturated rings. The zero-order chi connectivity index (χ0) is 17.4. The van der Waals surface area contributed by atoms with Crippen LogP contribution in [0.4, 0.5) is 5.82 Å². The van der Waals surface area contributed by atoms with Gasteiger partial charge in [0.1, 0.15) is 0 Å². The van der Waals surface area contributed by atoms with Crippen LogP contribution in [0.2, 0.25) is 0 Å². The summed E-state index contributed by atoms with van der Waals surface area (Å²) in [6.07, 6.45) is 0. The van der Waals surface area contributed by atoms with Crippen molar-refractivity contribution in [2.75, 3.05) is 5.73 Å². The molecule has 0 saturated heterocycles. The van der Waals surface area contributed by atoms with Gasteiger partial charge in [-0.25, -0.2) is 0 Å². The van der Waals surface area contributed by atoms with Crippen molar-refractivity contribution in [3.05, 3.63) is 47.2 Å². The van der Waals surface area contributed by atoms with Crippen LogP contribution in [-0.4, -0.2) is 27.4 Å². The van der Waals surface area contributed by atoms with Crippen molar-refractivity contribution in [1.29, 1.82) is 5.26 Å². The number of aryl methyl sites for hydroxylation is 2. The van der Waals surface area contributed by atoms with E-state index in [1.54, 1.807) is 19.1 Å². The maximum Gasteiger partial charge on any atom is 0.488 e. The minimum absolute atomic E-state index is 0.345. The molecule has 0 atom stereocenters. The molecule has 0 aliphatic carbocycles. The molecule has 3 rings (SSSR count). The number of anilines is 1. The predicted octanol–water partition coefficient (Wildman–Crippen LogP) is 1.05. The minimum atomic E-state index is -1.60. The Labute approximate surface area is 139 Å². The van der Waals surface area contributed by atoms with Gasteiger partial charge in [0, 0.05) is 10.8 Å². The van der Waals surface area contributed by atoms with E-state index in [0.29, 0.717) is 28.0 Å². The summed E-state index contributed by atoms with van der Waals surface area (Å²) in [6, 6.07) is 11.0. The Balaban J connectivity index is 2.29. The molecule has 0 radical (unpaired) electrons. The van der Waals surface area contributed by atoms with Gasteiger partial charge in [-0.3, -0.25) is 0 Å². The number of fused-ring (bicyclic) bond motifs is 1. The monoisotopic (exact) mass is 318 g/mol. The Kier molecular flexibility index (Phi) is 3.93. The number of rotatable bonds is 2. The van der Waals surface area contributed by atoms with E-state index < -0.39 is 7.12 Å². The van der Waals surface area contributed by atoms with Crippen molar-refractivity contribution in [2.24, 2.45) is 0 Å². The first-order valence-electron chi connectivity index (χ1n) is 7.36. The molecule has 1 aromatic heterocycles. The first kappa shape index (κ1) is 15.9. The first-order valence-corrected chi connectivity index (χ1v) is 7.36. The lowest BCUT2D eigenvalue weighted by molar-refractivity contribution is 0.425. The van der Waals surface area contributed by atoms with E-state index in [9.17, 15) is 15.3 Å². The summed E-state index contributed by atoms with van der Waals surface area (Å²) in [7, 11) is -1.60. The number of hydrogen-bond donors (Lipinski definition) is 3. The van der Waals surface area contributed by atoms with E-state index in [1.165, 1.54) is 0 Å². The van der Waals surface area contributed by atoms with E-state index in [-0.39, 0.29) is 0 Å². The number of nitrogen functional groups attached to an aromatic ring is 1. The summed E-state index contributed by atoms with van der Waals surface area (Å²) < 4.78 is 0. The lowest BCUT2D eigenvalue weighted by Gasteiger charge is -2.12. The highest BCUT2D eigenvalue weighted by Gasteiger charge is 2.18. The van der Waals surface area contributed by atoms with E-state index >= 15 is 0 Å². The number of benzene rings is 2. The molecule has 24 heavy (non-hydrogen) atoms. The summed E-state index contributed by atoms with van der Waals surface area (Å²) in [5, 5.41) is 38.0. The van der Waals surface area contributed by atoms with E-state index in [0.717, 1.165) is 22.0 Å². The van der Waals surface area contributed by atoms with Crippen LogP contribution in [0.15, 0.2) is 30.3 Å². The van der Waals surface area contributed by atoms with Crippen LogP contribution in [0, 0.1) is 25.2 Å². The van der Waals surface area contributed by atoms with E-state index in [4.69, 9.17) is 5.73 Å². The van der Waals surface area contributed by atoms with Gasteiger partial charge in [-0.1, -0.05) is 17.7 Å². The third-order valence-corrected chi connectivity index (χ3v) is 4.11. The van der Waals surface area contributed by atoms with Gasteiger partial charge in [0.15, 0.2) is 5.82 Å². The van der Waals surface area contributed by atoms with Crippen molar-refractivity contribution in [3.8, 4) is 17.2 Å². The minimum Gasteiger partial charge on any atom is -0.423 e. The zero-order valence-electron chi connectivity index (χ0n) is 13.3. The molecule has 0 bridgehead atoms. The summed E-state index contributed by atoms with van der Waals surface area (Å²) in [5.41, 5.74) is 9.48. The Morgan fingerprint density at radius 2 is 1.83 bits per heavy atom. The quantitative estimate of drug-likeness (QED) is 0.608. The fraction of sp³-hybridized carbons (Fsp3) is 0.118. The van der Waals surface area contributed by atoms with Crippen LogP contribution in [0.25, 0.3) is 21.9 Å². The molecule has 7 heteroatoms. The highest BCUT2D eigenvalue weighted by molar-refractivity contribution is 6.59. The van der Waals surface area contributed by atoms with Crippen LogP contribution in [0.1, 0.15) is 16.8 Å². The smallest absolute Gasteiger partial charge is 0.423 e. The van der Waals surface area contributed by atoms with Gasteiger partial charge in [0.05, 0.1) is 17.3 Å². The molecule has 0 saturated carbocycles. The Bertz CT molecular complexity index is 996. The SMILES string of the molecule is Cc1cc(C#N)c(-c2ccc3c(N)nnc(C)c3c2)cc1B(O)O. The number of hydrogen-bond acceptors (Lipinski definition) is 6. The Morgan fingerprint density at radius 3 is 2.50 bits per heavy atom. The van der Waals surface area contributed by atoms with Gasteiger partial charge in [-0.05, 0) is 48.6 Å². The van der Waals surface area contributed by atoms with Crippen LogP contribution >= 0.6 is 0 Å². The van der Waals surface area contributed by atoms with Crippen molar-refractivity contribution >= 4 is 29.2 Å². The van der Waals surface area contributed by atoms with Gasteiger partial charge in [-0.2, -0.15) is 10.4 Å². The molecule has 0 aliphatic heterocycles. The zero-order valence-corrected chi connectivity index (χ0v) is 13.3. The maximum atomic E-state index is 9.53. The number of nitrogens with zero attached hydrogens (tertiary/aromatic N) is 3. The van der Waals surface area contributed by atoms with Gasteiger partial charge >= 0.3 is 7.12 Å². The molecule has 4 N–H and O–H groups in total. The standard InChI is InChI=1S/C17H15BN4O2/c1-9-5-12(8-19)15(7-16(9)18(23)24)11-3-4-13-14(6-11)10(2)21-22-17(13)20/h3-7,23-24H,1-2H3,(H2,20,22). The van der Waals surface area contributed by atoms with Gasteiger partial charge < -0.3 is 15.8 Å². The normalized spacial score (nSPS) is 10.6. The van der Waals surface area contributed by atoms with Crippen molar-refractivity contribution in [3.63, 3.8) is 0 Å². The molecule has 0 aliphatic rings. The van der Waals surface area contributed by atoms with Crippen molar-refractivity contribution in [2.45, 2.75) is 13.8 Å². The summed E-state index contributed by atoms with van der Waals surface area (Å²) >= 11 is 0. The van der Waals surface area contributed by atoms with E-state index in [1.807, 2.05) is 25.1 Å². The van der Waals surface area contributed by atoms with Crippen LogP contribution < -0.4 is 11.2 Å². The molecule has 2 aromatic carbocycles. The molecular formula is C17H15BN4O2. The molecular weight excluding hydrogens is 303 g/mol. The summed E-state index contributed by atoms with van der Waals surface area (Å²) in [4.78, 5) is 0. The van der Waals surface area contributed by atoms with Crippen molar-refractivity contribution < 1.29 is 10.0 Å². The second-order valence-corrected chi connectivity index (χ2v) is 5.67. The van der Waals surface area contributed by atoms with Gasteiger partial charge in [0.25, 0.3) is 0 Å². The molecule has 118 valence electrons. The van der Waals surface area contributed by atoms with Gasteiger partial charge in [0.2, 0.25) is 0 Å². The Morgan fingerprint density at radius 1 is 1.08 bits per heavy atom.